The number of rotatable bonds is 5. The third kappa shape index (κ3) is 5.63. The quantitative estimate of drug-likeness (QED) is 0.333. The van der Waals surface area contributed by atoms with Crippen LogP contribution in [0.4, 0.5) is 0 Å². The fourth-order valence-electron chi connectivity index (χ4n) is 0.377. The Hall–Kier alpha value is -0.240. The SMILES string of the molecule is C=CCCSC(C)C=O. The van der Waals surface area contributed by atoms with Crippen molar-refractivity contribution in [2.24, 2.45) is 0 Å². The Labute approximate surface area is 60.5 Å². The van der Waals surface area contributed by atoms with Crippen molar-refractivity contribution in [1.82, 2.24) is 0 Å². The molecular formula is C7H12OS. The molecule has 0 aliphatic carbocycles. The number of hydrogen-bond acceptors (Lipinski definition) is 2. The average Bonchev–Trinajstić information content (AvgIpc) is 1.89. The van der Waals surface area contributed by atoms with Crippen LogP contribution in [-0.4, -0.2) is 17.3 Å². The maximum absolute atomic E-state index is 10.1. The topological polar surface area (TPSA) is 17.1 Å². The largest absolute Gasteiger partial charge is 0.302 e. The Balaban J connectivity index is 3.05. The molecule has 1 nitrogen and oxygen atoms in total. The van der Waals surface area contributed by atoms with E-state index in [4.69, 9.17) is 0 Å². The molecule has 0 aliphatic heterocycles. The van der Waals surface area contributed by atoms with Crippen LogP contribution in [0, 0.1) is 0 Å². The smallest absolute Gasteiger partial charge is 0.132 e. The van der Waals surface area contributed by atoms with Crippen molar-refractivity contribution in [3.63, 3.8) is 0 Å². The van der Waals surface area contributed by atoms with Crippen molar-refractivity contribution in [2.45, 2.75) is 18.6 Å². The molecule has 0 fully saturated rings. The Bertz CT molecular complexity index is 90.9. The first kappa shape index (κ1) is 8.76. The Morgan fingerprint density at radius 3 is 2.89 bits per heavy atom. The van der Waals surface area contributed by atoms with E-state index < -0.39 is 0 Å². The van der Waals surface area contributed by atoms with Crippen molar-refractivity contribution in [1.29, 1.82) is 0 Å². The summed E-state index contributed by atoms with van der Waals surface area (Å²) in [4.78, 5) is 10.1. The standard InChI is InChI=1S/C7H12OS/c1-3-4-5-9-7(2)6-8/h3,6-7H,1,4-5H2,2H3. The van der Waals surface area contributed by atoms with Gasteiger partial charge in [0, 0.05) is 0 Å². The highest BCUT2D eigenvalue weighted by Gasteiger charge is 1.96. The molecule has 0 heterocycles. The van der Waals surface area contributed by atoms with Crippen LogP contribution in [0.1, 0.15) is 13.3 Å². The molecule has 0 aromatic carbocycles. The van der Waals surface area contributed by atoms with Gasteiger partial charge in [-0.25, -0.2) is 0 Å². The molecule has 0 radical (unpaired) electrons. The van der Waals surface area contributed by atoms with E-state index in [-0.39, 0.29) is 5.25 Å². The summed E-state index contributed by atoms with van der Waals surface area (Å²) in [5.74, 6) is 1.00. The van der Waals surface area contributed by atoms with Gasteiger partial charge in [-0.15, -0.1) is 6.58 Å². The second-order valence-corrected chi connectivity index (χ2v) is 3.27. The molecule has 0 saturated carbocycles. The molecule has 0 aromatic heterocycles. The number of aldehydes is 1. The molecule has 2 heteroatoms. The molecule has 0 saturated heterocycles. The molecule has 0 aliphatic rings. The van der Waals surface area contributed by atoms with Crippen molar-refractivity contribution in [3.05, 3.63) is 12.7 Å². The molecule has 0 amide bonds. The van der Waals surface area contributed by atoms with Gasteiger partial charge >= 0.3 is 0 Å². The van der Waals surface area contributed by atoms with E-state index in [1.807, 2.05) is 13.0 Å². The highest BCUT2D eigenvalue weighted by Crippen LogP contribution is 2.08. The van der Waals surface area contributed by atoms with Crippen molar-refractivity contribution >= 4 is 18.0 Å². The zero-order valence-corrected chi connectivity index (χ0v) is 6.49. The molecular weight excluding hydrogens is 132 g/mol. The zero-order valence-electron chi connectivity index (χ0n) is 5.67. The van der Waals surface area contributed by atoms with E-state index in [2.05, 4.69) is 6.58 Å². The van der Waals surface area contributed by atoms with Crippen LogP contribution in [0.3, 0.4) is 0 Å². The van der Waals surface area contributed by atoms with Crippen molar-refractivity contribution < 1.29 is 4.79 Å². The van der Waals surface area contributed by atoms with E-state index in [0.29, 0.717) is 0 Å². The van der Waals surface area contributed by atoms with Crippen molar-refractivity contribution in [2.75, 3.05) is 5.75 Å². The van der Waals surface area contributed by atoms with E-state index >= 15 is 0 Å². The zero-order chi connectivity index (χ0) is 7.11. The maximum atomic E-state index is 10.1. The van der Waals surface area contributed by atoms with Gasteiger partial charge in [0.05, 0.1) is 5.25 Å². The van der Waals surface area contributed by atoms with Crippen LogP contribution < -0.4 is 0 Å². The van der Waals surface area contributed by atoms with Crippen LogP contribution in [0.15, 0.2) is 12.7 Å². The van der Waals surface area contributed by atoms with Crippen molar-refractivity contribution in [3.8, 4) is 0 Å². The lowest BCUT2D eigenvalue weighted by atomic mass is 10.5. The summed E-state index contributed by atoms with van der Waals surface area (Å²) < 4.78 is 0. The summed E-state index contributed by atoms with van der Waals surface area (Å²) in [6.45, 7) is 5.49. The van der Waals surface area contributed by atoms with Gasteiger partial charge in [-0.05, 0) is 19.1 Å². The number of carbonyl (C=O) groups excluding carboxylic acids is 1. The minimum Gasteiger partial charge on any atom is -0.302 e. The molecule has 1 unspecified atom stereocenters. The third-order valence-electron chi connectivity index (χ3n) is 0.894. The summed E-state index contributed by atoms with van der Waals surface area (Å²) in [5, 5.41) is 0.143. The normalized spacial score (nSPS) is 12.6. The van der Waals surface area contributed by atoms with Gasteiger partial charge in [-0.2, -0.15) is 11.8 Å². The fourth-order valence-corrected chi connectivity index (χ4v) is 1.13. The van der Waals surface area contributed by atoms with Crippen LogP contribution in [0.25, 0.3) is 0 Å². The van der Waals surface area contributed by atoms with Gasteiger partial charge in [0.25, 0.3) is 0 Å². The van der Waals surface area contributed by atoms with Gasteiger partial charge < -0.3 is 4.79 Å². The number of carbonyl (C=O) groups is 1. The third-order valence-corrected chi connectivity index (χ3v) is 2.00. The summed E-state index contributed by atoms with van der Waals surface area (Å²) in [7, 11) is 0. The number of allylic oxidation sites excluding steroid dienone is 1. The Morgan fingerprint density at radius 1 is 1.78 bits per heavy atom. The summed E-state index contributed by atoms with van der Waals surface area (Å²) in [5.41, 5.74) is 0. The molecule has 0 N–H and O–H groups in total. The Kier molecular flexibility index (Phi) is 5.73. The van der Waals surface area contributed by atoms with E-state index in [0.717, 1.165) is 18.5 Å². The molecule has 0 aromatic rings. The predicted molar refractivity (Wildman–Crippen MR) is 42.8 cm³/mol. The number of thioether (sulfide) groups is 1. The van der Waals surface area contributed by atoms with E-state index in [9.17, 15) is 4.79 Å². The summed E-state index contributed by atoms with van der Waals surface area (Å²) >= 11 is 1.66. The summed E-state index contributed by atoms with van der Waals surface area (Å²) in [6, 6.07) is 0. The first-order valence-electron chi connectivity index (χ1n) is 2.99. The molecule has 0 rings (SSSR count). The van der Waals surface area contributed by atoms with Gasteiger partial charge in [-0.1, -0.05) is 6.08 Å². The second kappa shape index (κ2) is 5.89. The fraction of sp³-hybridized carbons (Fsp3) is 0.571. The highest BCUT2D eigenvalue weighted by molar-refractivity contribution is 8.00. The van der Waals surface area contributed by atoms with Crippen LogP contribution in [0.2, 0.25) is 0 Å². The number of hydrogen-bond donors (Lipinski definition) is 0. The van der Waals surface area contributed by atoms with Crippen LogP contribution in [0.5, 0.6) is 0 Å². The second-order valence-electron chi connectivity index (χ2n) is 1.79. The molecule has 52 valence electrons. The predicted octanol–water partition coefficient (Wildman–Crippen LogP) is 1.88. The molecule has 9 heavy (non-hydrogen) atoms. The first-order chi connectivity index (χ1) is 4.31. The lowest BCUT2D eigenvalue weighted by Gasteiger charge is -1.98. The van der Waals surface area contributed by atoms with Gasteiger partial charge in [0.15, 0.2) is 0 Å². The first-order valence-corrected chi connectivity index (χ1v) is 4.04. The molecule has 0 spiro atoms. The van der Waals surface area contributed by atoms with Crippen LogP contribution >= 0.6 is 11.8 Å². The lowest BCUT2D eigenvalue weighted by molar-refractivity contribution is -0.107. The lowest BCUT2D eigenvalue weighted by Crippen LogP contribution is -1.96. The van der Waals surface area contributed by atoms with E-state index in [1.54, 1.807) is 11.8 Å². The van der Waals surface area contributed by atoms with Gasteiger partial charge in [0.2, 0.25) is 0 Å². The maximum Gasteiger partial charge on any atom is 0.132 e. The van der Waals surface area contributed by atoms with E-state index in [1.165, 1.54) is 0 Å². The molecule has 0 bridgehead atoms. The average molecular weight is 144 g/mol. The minimum atomic E-state index is 0.143. The summed E-state index contributed by atoms with van der Waals surface area (Å²) in [6.07, 6.45) is 3.82. The monoisotopic (exact) mass is 144 g/mol. The molecule has 1 atom stereocenters. The van der Waals surface area contributed by atoms with Crippen LogP contribution in [-0.2, 0) is 4.79 Å². The van der Waals surface area contributed by atoms with Gasteiger partial charge in [-0.3, -0.25) is 0 Å². The van der Waals surface area contributed by atoms with Gasteiger partial charge in [0.1, 0.15) is 6.29 Å². The Morgan fingerprint density at radius 2 is 2.44 bits per heavy atom. The minimum absolute atomic E-state index is 0.143. The highest BCUT2D eigenvalue weighted by atomic mass is 32.2.